The summed E-state index contributed by atoms with van der Waals surface area (Å²) in [6.07, 6.45) is 0.891. The van der Waals surface area contributed by atoms with Gasteiger partial charge in [0.15, 0.2) is 16.6 Å². The first kappa shape index (κ1) is 19.8. The van der Waals surface area contributed by atoms with E-state index in [4.69, 9.17) is 8.85 Å². The number of ether oxygens (including phenoxy) is 1. The first-order valence-corrected chi connectivity index (χ1v) is 16.8. The third kappa shape index (κ3) is 9.68. The zero-order valence-corrected chi connectivity index (χ0v) is 17.5. The van der Waals surface area contributed by atoms with Crippen molar-refractivity contribution in [2.45, 2.75) is 64.3 Å². The van der Waals surface area contributed by atoms with Crippen molar-refractivity contribution in [1.29, 1.82) is 0 Å². The van der Waals surface area contributed by atoms with Crippen LogP contribution in [0.15, 0.2) is 12.2 Å². The van der Waals surface area contributed by atoms with E-state index in [9.17, 15) is 4.79 Å². The van der Waals surface area contributed by atoms with Gasteiger partial charge >= 0.3 is 5.97 Å². The summed E-state index contributed by atoms with van der Waals surface area (Å²) in [6.45, 7) is 19.8. The molecule has 0 saturated carbocycles. The lowest BCUT2D eigenvalue weighted by atomic mass is 10.4. The second-order valence-electron chi connectivity index (χ2n) is 7.24. The highest BCUT2D eigenvalue weighted by Gasteiger charge is 2.33. The van der Waals surface area contributed by atoms with Crippen LogP contribution in [0.3, 0.4) is 0 Å². The van der Waals surface area contributed by atoms with E-state index in [1.807, 2.05) is 0 Å². The molecule has 0 fully saturated rings. The van der Waals surface area contributed by atoms with Gasteiger partial charge in [-0.25, -0.2) is 4.79 Å². The molecule has 0 aliphatic heterocycles. The normalized spacial score (nSPS) is 12.6. The Balaban J connectivity index is 4.13. The first-order valence-electron chi connectivity index (χ1n) is 7.48. The summed E-state index contributed by atoms with van der Waals surface area (Å²) in [4.78, 5) is 11.3. The molecule has 3 nitrogen and oxygen atoms in total. The SMILES string of the molecule is C=C(C)C(=O)OCCC[Si](C)(C)O[Si](C)(C)C[SiH](C)C. The lowest BCUT2D eigenvalue weighted by Gasteiger charge is -2.35. The number of hydrogen-bond acceptors (Lipinski definition) is 3. The van der Waals surface area contributed by atoms with Crippen LogP contribution in [-0.4, -0.2) is 38.0 Å². The molecule has 0 N–H and O–H groups in total. The molecule has 0 amide bonds. The van der Waals surface area contributed by atoms with Crippen LogP contribution in [0.25, 0.3) is 0 Å². The molecule has 0 atom stereocenters. The van der Waals surface area contributed by atoms with Gasteiger partial charge in [-0.1, -0.05) is 19.7 Å². The summed E-state index contributed by atoms with van der Waals surface area (Å²) in [5, 5.41) is 0. The Labute approximate surface area is 128 Å². The predicted molar refractivity (Wildman–Crippen MR) is 94.9 cm³/mol. The molecule has 118 valence electrons. The molecule has 0 aromatic heterocycles. The molecule has 0 aliphatic carbocycles. The molecule has 6 heteroatoms. The lowest BCUT2D eigenvalue weighted by molar-refractivity contribution is -0.138. The minimum Gasteiger partial charge on any atom is -0.462 e. The molecule has 0 unspecified atom stereocenters. The largest absolute Gasteiger partial charge is 0.462 e. The predicted octanol–water partition coefficient (Wildman–Crippen LogP) is 3.95. The number of hydrogen-bond donors (Lipinski definition) is 0. The van der Waals surface area contributed by atoms with Gasteiger partial charge in [-0.3, -0.25) is 0 Å². The number of esters is 1. The Kier molecular flexibility index (Phi) is 8.23. The monoisotopic (exact) mass is 332 g/mol. The second-order valence-corrected chi connectivity index (χ2v) is 20.0. The third-order valence-corrected chi connectivity index (χ3v) is 16.1. The van der Waals surface area contributed by atoms with E-state index in [1.54, 1.807) is 6.92 Å². The maximum Gasteiger partial charge on any atom is 0.333 e. The van der Waals surface area contributed by atoms with Crippen LogP contribution >= 0.6 is 0 Å². The van der Waals surface area contributed by atoms with Crippen LogP contribution in [0.1, 0.15) is 13.3 Å². The van der Waals surface area contributed by atoms with E-state index in [1.165, 1.54) is 5.67 Å². The molecular weight excluding hydrogens is 300 g/mol. The number of rotatable bonds is 9. The van der Waals surface area contributed by atoms with Gasteiger partial charge in [0.1, 0.15) is 0 Å². The Bertz CT molecular complexity index is 339. The Morgan fingerprint density at radius 2 is 1.70 bits per heavy atom. The molecular formula is C14H32O3Si3. The highest BCUT2D eigenvalue weighted by atomic mass is 28.4. The zero-order chi connectivity index (χ0) is 16.0. The van der Waals surface area contributed by atoms with E-state index >= 15 is 0 Å². The molecule has 0 rings (SSSR count). The van der Waals surface area contributed by atoms with Gasteiger partial charge < -0.3 is 8.85 Å². The van der Waals surface area contributed by atoms with Crippen LogP contribution in [0.2, 0.25) is 51.0 Å². The molecule has 20 heavy (non-hydrogen) atoms. The van der Waals surface area contributed by atoms with Crippen molar-refractivity contribution in [2.75, 3.05) is 6.61 Å². The summed E-state index contributed by atoms with van der Waals surface area (Å²) in [7, 11) is -3.70. The maximum absolute atomic E-state index is 11.3. The Hall–Kier alpha value is -0.179. The highest BCUT2D eigenvalue weighted by molar-refractivity contribution is 6.90. The third-order valence-electron chi connectivity index (χ3n) is 2.96. The fraction of sp³-hybridized carbons (Fsp3) is 0.786. The maximum atomic E-state index is 11.3. The van der Waals surface area contributed by atoms with Crippen molar-refractivity contribution >= 4 is 31.4 Å². The second kappa shape index (κ2) is 8.31. The minimum absolute atomic E-state index is 0.286. The van der Waals surface area contributed by atoms with Crippen LogP contribution in [0.4, 0.5) is 0 Å². The van der Waals surface area contributed by atoms with Gasteiger partial charge in [0, 0.05) is 14.4 Å². The van der Waals surface area contributed by atoms with E-state index in [0.717, 1.165) is 12.5 Å². The van der Waals surface area contributed by atoms with E-state index < -0.39 is 25.4 Å². The molecule has 0 heterocycles. The van der Waals surface area contributed by atoms with Crippen molar-refractivity contribution in [2.24, 2.45) is 0 Å². The Morgan fingerprint density at radius 3 is 2.15 bits per heavy atom. The van der Waals surface area contributed by atoms with Gasteiger partial charge in [0.05, 0.1) is 6.61 Å². The average molecular weight is 333 g/mol. The van der Waals surface area contributed by atoms with E-state index in [-0.39, 0.29) is 5.97 Å². The van der Waals surface area contributed by atoms with Crippen molar-refractivity contribution in [3.63, 3.8) is 0 Å². The standard InChI is InChI=1S/C14H32O3Si3/c1-13(2)14(15)16-10-9-11-19(5,6)17-20(7,8)12-18(3)4/h18H,1,9-12H2,2-8H3. The number of carbonyl (C=O) groups excluding carboxylic acids is 1. The van der Waals surface area contributed by atoms with Crippen molar-refractivity contribution in [1.82, 2.24) is 0 Å². The van der Waals surface area contributed by atoms with Gasteiger partial charge in [0.2, 0.25) is 0 Å². The van der Waals surface area contributed by atoms with Crippen molar-refractivity contribution in [3.8, 4) is 0 Å². The minimum atomic E-state index is -1.63. The zero-order valence-electron chi connectivity index (χ0n) is 14.3. The Morgan fingerprint density at radius 1 is 1.15 bits per heavy atom. The van der Waals surface area contributed by atoms with Crippen LogP contribution in [0.5, 0.6) is 0 Å². The summed E-state index contributed by atoms with van der Waals surface area (Å²) in [6, 6.07) is 1.05. The molecule has 0 saturated heterocycles. The summed E-state index contributed by atoms with van der Waals surface area (Å²) in [5.41, 5.74) is 1.81. The summed E-state index contributed by atoms with van der Waals surface area (Å²) < 4.78 is 11.7. The molecule has 0 spiro atoms. The van der Waals surface area contributed by atoms with Gasteiger partial charge in [0.25, 0.3) is 0 Å². The fourth-order valence-electron chi connectivity index (χ4n) is 2.61. The van der Waals surface area contributed by atoms with Gasteiger partial charge in [-0.2, -0.15) is 0 Å². The van der Waals surface area contributed by atoms with Crippen LogP contribution < -0.4 is 0 Å². The van der Waals surface area contributed by atoms with E-state index in [2.05, 4.69) is 45.9 Å². The van der Waals surface area contributed by atoms with Crippen molar-refractivity contribution < 1.29 is 13.6 Å². The first-order chi connectivity index (χ1) is 8.95. The lowest BCUT2D eigenvalue weighted by Crippen LogP contribution is -2.46. The van der Waals surface area contributed by atoms with Crippen LogP contribution in [-0.2, 0) is 13.6 Å². The van der Waals surface area contributed by atoms with Crippen molar-refractivity contribution in [3.05, 3.63) is 12.2 Å². The molecule has 0 bridgehead atoms. The summed E-state index contributed by atoms with van der Waals surface area (Å²) >= 11 is 0. The number of carbonyl (C=O) groups is 1. The average Bonchev–Trinajstić information content (AvgIpc) is 2.19. The fourth-order valence-corrected chi connectivity index (χ4v) is 18.9. The van der Waals surface area contributed by atoms with E-state index in [0.29, 0.717) is 12.2 Å². The van der Waals surface area contributed by atoms with Crippen LogP contribution in [0, 0.1) is 0 Å². The summed E-state index contributed by atoms with van der Waals surface area (Å²) in [5.74, 6) is -0.286. The molecule has 0 aromatic rings. The van der Waals surface area contributed by atoms with Gasteiger partial charge in [-0.05, 0) is 51.2 Å². The highest BCUT2D eigenvalue weighted by Crippen LogP contribution is 2.23. The molecule has 0 aliphatic rings. The topological polar surface area (TPSA) is 35.5 Å². The smallest absolute Gasteiger partial charge is 0.333 e. The quantitative estimate of drug-likeness (QED) is 0.277. The van der Waals surface area contributed by atoms with Gasteiger partial charge in [-0.15, -0.1) is 0 Å². The molecule has 0 radical (unpaired) electrons. The molecule has 0 aromatic carbocycles.